The molecule has 1 heterocycles. The average Bonchev–Trinajstić information content (AvgIpc) is 2.91. The third-order valence-electron chi connectivity index (χ3n) is 4.13. The summed E-state index contributed by atoms with van der Waals surface area (Å²) in [6, 6.07) is 19.6. The van der Waals surface area contributed by atoms with Crippen LogP contribution < -0.4 is 5.32 Å². The van der Waals surface area contributed by atoms with Gasteiger partial charge in [-0.2, -0.15) is 0 Å². The van der Waals surface area contributed by atoms with Crippen LogP contribution in [-0.2, 0) is 6.42 Å². The van der Waals surface area contributed by atoms with Crippen molar-refractivity contribution in [3.8, 4) is 0 Å². The number of aromatic nitrogens is 1. The van der Waals surface area contributed by atoms with Gasteiger partial charge in [0.1, 0.15) is 5.82 Å². The van der Waals surface area contributed by atoms with E-state index < -0.39 is 0 Å². The summed E-state index contributed by atoms with van der Waals surface area (Å²) >= 11 is 2.36. The van der Waals surface area contributed by atoms with Crippen molar-refractivity contribution in [1.29, 1.82) is 0 Å². The molecule has 0 fully saturated rings. The zero-order valence-corrected chi connectivity index (χ0v) is 13.7. The third kappa shape index (κ3) is 2.39. The number of rotatable bonds is 2. The Morgan fingerprint density at radius 1 is 1.00 bits per heavy atom. The molecular weight excluding hydrogens is 371 g/mol. The Morgan fingerprint density at radius 3 is 2.86 bits per heavy atom. The molecule has 3 heteroatoms. The maximum atomic E-state index is 4.76. The fourth-order valence-corrected chi connectivity index (χ4v) is 3.75. The molecule has 4 rings (SSSR count). The van der Waals surface area contributed by atoms with Crippen molar-refractivity contribution in [3.63, 3.8) is 0 Å². The van der Waals surface area contributed by atoms with Crippen LogP contribution in [0.2, 0.25) is 0 Å². The Hall–Kier alpha value is -1.62. The minimum absolute atomic E-state index is 0.383. The van der Waals surface area contributed by atoms with E-state index in [4.69, 9.17) is 4.98 Å². The van der Waals surface area contributed by atoms with Crippen molar-refractivity contribution in [2.24, 2.45) is 0 Å². The second-order valence-corrected chi connectivity index (χ2v) is 6.60. The van der Waals surface area contributed by atoms with Gasteiger partial charge >= 0.3 is 0 Å². The number of nitrogens with one attached hydrogen (secondary N) is 1. The number of hydrogen-bond acceptors (Lipinski definition) is 2. The number of hydrogen-bond donors (Lipinski definition) is 1. The van der Waals surface area contributed by atoms with Crippen LogP contribution in [0.25, 0.3) is 10.9 Å². The fraction of sp³-hybridized carbons (Fsp3) is 0.167. The molecule has 1 unspecified atom stereocenters. The van der Waals surface area contributed by atoms with Crippen LogP contribution in [0, 0.1) is 3.57 Å². The standard InChI is InChI=1S/C18H15IN2/c19-15-6-3-7-16-14(15)9-11-18(20-16)21-17-10-8-12-4-1-2-5-13(12)17/h1-7,9,11,17H,8,10H2,(H,20,21). The monoisotopic (exact) mass is 386 g/mol. The second-order valence-electron chi connectivity index (χ2n) is 5.44. The van der Waals surface area contributed by atoms with Gasteiger partial charge < -0.3 is 5.32 Å². The van der Waals surface area contributed by atoms with E-state index in [1.807, 2.05) is 0 Å². The molecule has 104 valence electrons. The highest BCUT2D eigenvalue weighted by molar-refractivity contribution is 14.1. The first kappa shape index (κ1) is 13.1. The molecule has 1 aliphatic rings. The van der Waals surface area contributed by atoms with Gasteiger partial charge in [-0.1, -0.05) is 30.3 Å². The van der Waals surface area contributed by atoms with E-state index in [2.05, 4.69) is 82.5 Å². The summed E-state index contributed by atoms with van der Waals surface area (Å²) in [4.78, 5) is 4.76. The minimum Gasteiger partial charge on any atom is -0.363 e. The van der Waals surface area contributed by atoms with Crippen LogP contribution in [0.5, 0.6) is 0 Å². The quantitative estimate of drug-likeness (QED) is 0.632. The van der Waals surface area contributed by atoms with Crippen LogP contribution in [-0.4, -0.2) is 4.98 Å². The molecule has 0 bridgehead atoms. The Morgan fingerprint density at radius 2 is 1.90 bits per heavy atom. The summed E-state index contributed by atoms with van der Waals surface area (Å²) in [5.74, 6) is 0.964. The lowest BCUT2D eigenvalue weighted by Gasteiger charge is -2.15. The van der Waals surface area contributed by atoms with Gasteiger partial charge in [0.05, 0.1) is 11.6 Å². The van der Waals surface area contributed by atoms with E-state index in [9.17, 15) is 0 Å². The number of halogens is 1. The van der Waals surface area contributed by atoms with Crippen molar-refractivity contribution in [2.75, 3.05) is 5.32 Å². The van der Waals surface area contributed by atoms with Gasteiger partial charge in [0, 0.05) is 8.96 Å². The molecule has 0 spiro atoms. The maximum absolute atomic E-state index is 4.76. The van der Waals surface area contributed by atoms with E-state index in [0.717, 1.165) is 24.2 Å². The second kappa shape index (κ2) is 5.30. The topological polar surface area (TPSA) is 24.9 Å². The smallest absolute Gasteiger partial charge is 0.127 e. The molecule has 0 radical (unpaired) electrons. The number of nitrogens with zero attached hydrogens (tertiary/aromatic N) is 1. The van der Waals surface area contributed by atoms with Gasteiger partial charge in [-0.15, -0.1) is 0 Å². The SMILES string of the molecule is Ic1cccc2nc(NC3CCc4ccccc43)ccc12. The van der Waals surface area contributed by atoms with Crippen molar-refractivity contribution in [2.45, 2.75) is 18.9 Å². The predicted molar refractivity (Wildman–Crippen MR) is 95.6 cm³/mol. The molecule has 2 nitrogen and oxygen atoms in total. The molecule has 1 N–H and O–H groups in total. The van der Waals surface area contributed by atoms with Crippen LogP contribution >= 0.6 is 22.6 Å². The van der Waals surface area contributed by atoms with Gasteiger partial charge in [-0.25, -0.2) is 4.98 Å². The zero-order chi connectivity index (χ0) is 14.2. The lowest BCUT2D eigenvalue weighted by Crippen LogP contribution is -2.08. The van der Waals surface area contributed by atoms with Gasteiger partial charge in [0.15, 0.2) is 0 Å². The van der Waals surface area contributed by atoms with E-state index in [-0.39, 0.29) is 0 Å². The minimum atomic E-state index is 0.383. The molecule has 21 heavy (non-hydrogen) atoms. The first-order valence-corrected chi connectivity index (χ1v) is 8.29. The van der Waals surface area contributed by atoms with Crippen LogP contribution in [0.4, 0.5) is 5.82 Å². The highest BCUT2D eigenvalue weighted by Gasteiger charge is 2.21. The molecule has 1 aliphatic carbocycles. The molecule has 0 saturated heterocycles. The lowest BCUT2D eigenvalue weighted by atomic mass is 10.1. The van der Waals surface area contributed by atoms with Crippen LogP contribution in [0.3, 0.4) is 0 Å². The fourth-order valence-electron chi connectivity index (χ4n) is 3.08. The lowest BCUT2D eigenvalue weighted by molar-refractivity contribution is 0.758. The summed E-state index contributed by atoms with van der Waals surface area (Å²) < 4.78 is 1.25. The van der Waals surface area contributed by atoms with Crippen LogP contribution in [0.1, 0.15) is 23.6 Å². The highest BCUT2D eigenvalue weighted by atomic mass is 127. The normalized spacial score (nSPS) is 16.9. The number of benzene rings is 2. The van der Waals surface area contributed by atoms with Gasteiger partial charge in [0.25, 0.3) is 0 Å². The number of pyridine rings is 1. The highest BCUT2D eigenvalue weighted by Crippen LogP contribution is 2.33. The molecule has 0 amide bonds. The molecule has 0 saturated carbocycles. The summed E-state index contributed by atoms with van der Waals surface area (Å²) in [5, 5.41) is 4.81. The van der Waals surface area contributed by atoms with Gasteiger partial charge in [-0.05, 0) is 70.8 Å². The largest absolute Gasteiger partial charge is 0.363 e. The van der Waals surface area contributed by atoms with Crippen molar-refractivity contribution >= 4 is 39.3 Å². The predicted octanol–water partition coefficient (Wildman–Crippen LogP) is 4.94. The first-order valence-electron chi connectivity index (χ1n) is 7.21. The average molecular weight is 386 g/mol. The van der Waals surface area contributed by atoms with Gasteiger partial charge in [0.2, 0.25) is 0 Å². The van der Waals surface area contributed by atoms with E-state index in [0.29, 0.717) is 6.04 Å². The van der Waals surface area contributed by atoms with Crippen LogP contribution in [0.15, 0.2) is 54.6 Å². The summed E-state index contributed by atoms with van der Waals surface area (Å²) in [5.41, 5.74) is 3.94. The summed E-state index contributed by atoms with van der Waals surface area (Å²) in [6.07, 6.45) is 2.30. The van der Waals surface area contributed by atoms with E-state index in [1.165, 1.54) is 20.1 Å². The molecule has 0 aliphatic heterocycles. The van der Waals surface area contributed by atoms with Gasteiger partial charge in [-0.3, -0.25) is 0 Å². The maximum Gasteiger partial charge on any atom is 0.127 e. The summed E-state index contributed by atoms with van der Waals surface area (Å²) in [6.45, 7) is 0. The molecule has 1 atom stereocenters. The van der Waals surface area contributed by atoms with E-state index in [1.54, 1.807) is 0 Å². The number of aryl methyl sites for hydroxylation is 1. The Kier molecular flexibility index (Phi) is 3.30. The Balaban J connectivity index is 1.67. The van der Waals surface area contributed by atoms with Crippen molar-refractivity contribution in [1.82, 2.24) is 4.98 Å². The molecule has 3 aromatic rings. The third-order valence-corrected chi connectivity index (χ3v) is 5.07. The first-order chi connectivity index (χ1) is 10.3. The molecular formula is C18H15IN2. The summed E-state index contributed by atoms with van der Waals surface area (Å²) in [7, 11) is 0. The molecule has 1 aromatic heterocycles. The molecule has 2 aromatic carbocycles. The van der Waals surface area contributed by atoms with E-state index >= 15 is 0 Å². The number of anilines is 1. The zero-order valence-electron chi connectivity index (χ0n) is 11.5. The van der Waals surface area contributed by atoms with Crippen molar-refractivity contribution in [3.05, 3.63) is 69.3 Å². The number of fused-ring (bicyclic) bond motifs is 2. The Labute approximate surface area is 137 Å². The van der Waals surface area contributed by atoms with Crippen molar-refractivity contribution < 1.29 is 0 Å². The Bertz CT molecular complexity index is 813.